The van der Waals surface area contributed by atoms with E-state index in [2.05, 4.69) is 16.0 Å². The van der Waals surface area contributed by atoms with Gasteiger partial charge in [0.1, 0.15) is 11.9 Å². The minimum atomic E-state index is -3.44. The average Bonchev–Trinajstić information content (AvgIpc) is 2.96. The molecule has 2 amide bonds. The van der Waals surface area contributed by atoms with Gasteiger partial charge < -0.3 is 25.4 Å². The third-order valence-electron chi connectivity index (χ3n) is 8.42. The van der Waals surface area contributed by atoms with Gasteiger partial charge in [-0.1, -0.05) is 29.8 Å². The molecule has 0 aromatic heterocycles. The van der Waals surface area contributed by atoms with Crippen LogP contribution in [0, 0.1) is 11.7 Å². The number of nitrogens with one attached hydrogen (secondary N) is 3. The third kappa shape index (κ3) is 8.69. The lowest BCUT2D eigenvalue weighted by Crippen LogP contribution is -2.53. The third-order valence-corrected chi connectivity index (χ3v) is 10.0. The van der Waals surface area contributed by atoms with Gasteiger partial charge in [0.05, 0.1) is 19.0 Å². The predicted molar refractivity (Wildman–Crippen MR) is 168 cm³/mol. The van der Waals surface area contributed by atoms with Crippen molar-refractivity contribution >= 4 is 39.3 Å². The largest absolute Gasteiger partial charge is 0.453 e. The number of rotatable bonds is 10. The van der Waals surface area contributed by atoms with E-state index in [9.17, 15) is 18.0 Å². The average molecular weight is 653 g/mol. The van der Waals surface area contributed by atoms with Crippen LogP contribution < -0.4 is 16.0 Å². The molecule has 0 bridgehead atoms. The van der Waals surface area contributed by atoms with Crippen LogP contribution in [0.25, 0.3) is 0 Å². The first kappa shape index (κ1) is 34.1. The number of alkyl carbamates (subject to hydrolysis) is 1. The molecule has 2 aliphatic heterocycles. The maximum Gasteiger partial charge on any atom is 0.407 e. The Bertz CT molecular complexity index is 1420. The number of piperazine rings is 1. The molecule has 2 fully saturated rings. The van der Waals surface area contributed by atoms with Gasteiger partial charge in [0.15, 0.2) is 0 Å². The zero-order chi connectivity index (χ0) is 32.1. The summed E-state index contributed by atoms with van der Waals surface area (Å²) in [6, 6.07) is 10.1. The van der Waals surface area contributed by atoms with Crippen molar-refractivity contribution in [2.24, 2.45) is 5.92 Å². The molecule has 10 nitrogen and oxygen atoms in total. The van der Waals surface area contributed by atoms with Crippen molar-refractivity contribution in [1.29, 1.82) is 0 Å². The van der Waals surface area contributed by atoms with Crippen LogP contribution in [0.3, 0.4) is 0 Å². The van der Waals surface area contributed by atoms with Crippen LogP contribution in [0.1, 0.15) is 50.2 Å². The molecule has 0 spiro atoms. The van der Waals surface area contributed by atoms with Crippen LogP contribution in [0.5, 0.6) is 0 Å². The summed E-state index contributed by atoms with van der Waals surface area (Å²) >= 11 is 6.19. The topological polar surface area (TPSA) is 126 Å². The molecule has 2 aromatic rings. The molecule has 4 atom stereocenters. The second-order valence-corrected chi connectivity index (χ2v) is 14.4. The zero-order valence-electron chi connectivity index (χ0n) is 25.6. The number of ether oxygens (including phenoxy) is 2. The number of anilines is 1. The fourth-order valence-electron chi connectivity index (χ4n) is 6.39. The SMILES string of the molecule is COC(=O)NC(C(=O)Nc1cccc(F)c1CCC1CNCCN1S(C)(=O)=O)C(c1ccc(Cl)cc1)C1CCOC(C)(C)C1. The molecule has 4 rings (SSSR count). The van der Waals surface area contributed by atoms with E-state index in [1.807, 2.05) is 26.0 Å². The normalized spacial score (nSPS) is 22.0. The molecule has 2 aliphatic rings. The lowest BCUT2D eigenvalue weighted by molar-refractivity contribution is -0.120. The van der Waals surface area contributed by atoms with Gasteiger partial charge >= 0.3 is 6.09 Å². The first-order chi connectivity index (χ1) is 20.8. The Morgan fingerprint density at radius 2 is 1.95 bits per heavy atom. The van der Waals surface area contributed by atoms with E-state index in [0.29, 0.717) is 50.5 Å². The van der Waals surface area contributed by atoms with E-state index in [1.165, 1.54) is 29.8 Å². The molecule has 4 unspecified atom stereocenters. The highest BCUT2D eigenvalue weighted by Crippen LogP contribution is 2.41. The van der Waals surface area contributed by atoms with Crippen molar-refractivity contribution in [3.8, 4) is 0 Å². The Kier molecular flexibility index (Phi) is 11.3. The molecule has 44 heavy (non-hydrogen) atoms. The highest BCUT2D eigenvalue weighted by Gasteiger charge is 2.41. The predicted octanol–water partition coefficient (Wildman–Crippen LogP) is 4.30. The van der Waals surface area contributed by atoms with Crippen molar-refractivity contribution < 1.29 is 31.9 Å². The Morgan fingerprint density at radius 3 is 2.61 bits per heavy atom. The lowest BCUT2D eigenvalue weighted by Gasteiger charge is -2.41. The summed E-state index contributed by atoms with van der Waals surface area (Å²) in [5.74, 6) is -1.59. The van der Waals surface area contributed by atoms with E-state index >= 15 is 4.39 Å². The number of halogens is 2. The second-order valence-electron chi connectivity index (χ2n) is 12.1. The zero-order valence-corrected chi connectivity index (χ0v) is 27.1. The van der Waals surface area contributed by atoms with Gasteiger partial charge in [-0.05, 0) is 75.3 Å². The van der Waals surface area contributed by atoms with Gasteiger partial charge in [-0.25, -0.2) is 17.6 Å². The number of nitrogens with zero attached hydrogens (tertiary/aromatic N) is 1. The van der Waals surface area contributed by atoms with Gasteiger partial charge in [0.25, 0.3) is 0 Å². The quantitative estimate of drug-likeness (QED) is 0.350. The molecule has 242 valence electrons. The van der Waals surface area contributed by atoms with Crippen LogP contribution in [-0.2, 0) is 30.7 Å². The van der Waals surface area contributed by atoms with E-state index in [1.54, 1.807) is 18.2 Å². The molecular formula is C31H42ClFN4O6S. The number of carbonyl (C=O) groups is 2. The molecule has 2 heterocycles. The molecule has 13 heteroatoms. The molecule has 2 saturated heterocycles. The summed E-state index contributed by atoms with van der Waals surface area (Å²) in [6.45, 7) is 5.79. The van der Waals surface area contributed by atoms with Crippen LogP contribution in [0.15, 0.2) is 42.5 Å². The first-order valence-corrected chi connectivity index (χ1v) is 17.0. The summed E-state index contributed by atoms with van der Waals surface area (Å²) in [5.41, 5.74) is 0.873. The monoisotopic (exact) mass is 652 g/mol. The Morgan fingerprint density at radius 1 is 1.23 bits per heavy atom. The highest BCUT2D eigenvalue weighted by atomic mass is 35.5. The van der Waals surface area contributed by atoms with Crippen molar-refractivity contribution in [2.45, 2.75) is 63.1 Å². The highest BCUT2D eigenvalue weighted by molar-refractivity contribution is 7.88. The Labute approximate surface area is 264 Å². The lowest BCUT2D eigenvalue weighted by atomic mass is 9.73. The molecule has 2 aromatic carbocycles. The van der Waals surface area contributed by atoms with Crippen molar-refractivity contribution in [3.63, 3.8) is 0 Å². The maximum absolute atomic E-state index is 15.3. The fraction of sp³-hybridized carbons (Fsp3) is 0.548. The summed E-state index contributed by atoms with van der Waals surface area (Å²) in [4.78, 5) is 26.8. The number of hydrogen-bond acceptors (Lipinski definition) is 7. The molecule has 0 aliphatic carbocycles. The van der Waals surface area contributed by atoms with E-state index in [-0.39, 0.29) is 29.6 Å². The van der Waals surface area contributed by atoms with E-state index < -0.39 is 45.4 Å². The maximum atomic E-state index is 15.3. The van der Waals surface area contributed by atoms with E-state index in [0.717, 1.165) is 5.56 Å². The number of benzene rings is 2. The first-order valence-electron chi connectivity index (χ1n) is 14.8. The van der Waals surface area contributed by atoms with Gasteiger partial charge in [-0.15, -0.1) is 0 Å². The number of carbonyl (C=O) groups excluding carboxylic acids is 2. The number of methoxy groups -OCH3 is 1. The molecular weight excluding hydrogens is 611 g/mol. The summed E-state index contributed by atoms with van der Waals surface area (Å²) in [5, 5.41) is 9.36. The summed E-state index contributed by atoms with van der Waals surface area (Å²) in [7, 11) is -2.22. The minimum Gasteiger partial charge on any atom is -0.453 e. The van der Waals surface area contributed by atoms with Crippen LogP contribution in [0.4, 0.5) is 14.9 Å². The smallest absolute Gasteiger partial charge is 0.407 e. The van der Waals surface area contributed by atoms with Crippen molar-refractivity contribution in [1.82, 2.24) is 14.9 Å². The van der Waals surface area contributed by atoms with Gasteiger partial charge in [-0.3, -0.25) is 4.79 Å². The second kappa shape index (κ2) is 14.6. The Hall–Kier alpha value is -2.77. The number of sulfonamides is 1. The molecule has 0 saturated carbocycles. The van der Waals surface area contributed by atoms with Gasteiger partial charge in [0, 0.05) is 54.5 Å². The van der Waals surface area contributed by atoms with Gasteiger partial charge in [-0.2, -0.15) is 4.31 Å². The molecule has 0 radical (unpaired) electrons. The fourth-order valence-corrected chi connectivity index (χ4v) is 7.66. The summed E-state index contributed by atoms with van der Waals surface area (Å²) in [6.07, 6.45) is 2.21. The van der Waals surface area contributed by atoms with Gasteiger partial charge in [0.2, 0.25) is 15.9 Å². The number of amides is 2. The van der Waals surface area contributed by atoms with E-state index in [4.69, 9.17) is 21.1 Å². The standard InChI is InChI=1S/C31H42ClFN4O6S/c1-31(2)18-21(14-17-43-31)27(20-8-10-22(32)11-9-20)28(36-30(39)42-3)29(38)35-26-7-5-6-25(33)24(26)13-12-23-19-34-15-16-37(23)44(4,40)41/h5-11,21,23,27-28,34H,12-19H2,1-4H3,(H,35,38)(H,36,39). The number of hydrogen-bond donors (Lipinski definition) is 3. The summed E-state index contributed by atoms with van der Waals surface area (Å²) < 4.78 is 52.3. The minimum absolute atomic E-state index is 0.0550. The van der Waals surface area contributed by atoms with Crippen molar-refractivity contribution in [2.75, 3.05) is 44.9 Å². The van der Waals surface area contributed by atoms with Crippen LogP contribution in [0.2, 0.25) is 5.02 Å². The molecule has 3 N–H and O–H groups in total. The van der Waals surface area contributed by atoms with Crippen molar-refractivity contribution in [3.05, 3.63) is 64.4 Å². The Balaban J connectivity index is 1.65. The van der Waals surface area contributed by atoms with Crippen LogP contribution in [-0.4, -0.2) is 82.0 Å². The van der Waals surface area contributed by atoms with Crippen LogP contribution >= 0.6 is 11.6 Å².